The molecule has 7 heteroatoms. The predicted molar refractivity (Wildman–Crippen MR) is 110 cm³/mol. The van der Waals surface area contributed by atoms with Crippen LogP contribution in [0.5, 0.6) is 0 Å². The molecule has 0 saturated carbocycles. The maximum absolute atomic E-state index is 12.5. The molecule has 0 atom stereocenters. The number of rotatable bonds is 7. The van der Waals surface area contributed by atoms with Crippen LogP contribution < -0.4 is 0 Å². The Balaban J connectivity index is 1.46. The normalized spacial score (nSPS) is 16.1. The van der Waals surface area contributed by atoms with Crippen LogP contribution in [0, 0.1) is 0 Å². The summed E-state index contributed by atoms with van der Waals surface area (Å²) in [5.41, 5.74) is 0.848. The van der Waals surface area contributed by atoms with Gasteiger partial charge in [0.15, 0.2) is 0 Å². The molecule has 0 bridgehead atoms. The highest BCUT2D eigenvalue weighted by atomic mass is 32.2. The number of thiophene rings is 1. The van der Waals surface area contributed by atoms with Gasteiger partial charge in [-0.05, 0) is 35.9 Å². The second-order valence-corrected chi connectivity index (χ2v) is 9.32. The third-order valence-corrected chi connectivity index (χ3v) is 7.08. The van der Waals surface area contributed by atoms with Crippen molar-refractivity contribution in [3.05, 3.63) is 63.7 Å². The number of carbonyl (C=O) groups is 1. The number of piperazine rings is 1. The summed E-state index contributed by atoms with van der Waals surface area (Å²) in [6, 6.07) is 13.5. The maximum Gasteiger partial charge on any atom is 0.236 e. The van der Waals surface area contributed by atoms with Crippen molar-refractivity contribution in [2.45, 2.75) is 19.3 Å². The number of hydrogen-bond donors (Lipinski definition) is 0. The molecule has 0 aliphatic carbocycles. The van der Waals surface area contributed by atoms with Crippen molar-refractivity contribution in [2.24, 2.45) is 0 Å². The molecule has 1 aliphatic rings. The van der Waals surface area contributed by atoms with Crippen LogP contribution in [0.25, 0.3) is 6.08 Å². The Labute approximate surface area is 165 Å². The Morgan fingerprint density at radius 3 is 2.44 bits per heavy atom. The highest BCUT2D eigenvalue weighted by molar-refractivity contribution is 7.92. The zero-order valence-corrected chi connectivity index (χ0v) is 16.8. The van der Waals surface area contributed by atoms with E-state index in [0.717, 1.165) is 18.4 Å². The van der Waals surface area contributed by atoms with Gasteiger partial charge >= 0.3 is 0 Å². The summed E-state index contributed by atoms with van der Waals surface area (Å²) in [5, 5.41) is 3.30. The molecule has 1 saturated heterocycles. The summed E-state index contributed by atoms with van der Waals surface area (Å²) in [7, 11) is -3.46. The van der Waals surface area contributed by atoms with Gasteiger partial charge in [0.1, 0.15) is 0 Å². The first-order chi connectivity index (χ1) is 13.0. The zero-order valence-electron chi connectivity index (χ0n) is 15.2. The highest BCUT2D eigenvalue weighted by Gasteiger charge is 2.27. The van der Waals surface area contributed by atoms with Gasteiger partial charge in [-0.15, -0.1) is 11.3 Å². The van der Waals surface area contributed by atoms with E-state index in [1.165, 1.54) is 14.6 Å². The number of aryl methyl sites for hydroxylation is 1. The van der Waals surface area contributed by atoms with Crippen molar-refractivity contribution in [1.82, 2.24) is 9.21 Å². The van der Waals surface area contributed by atoms with Gasteiger partial charge in [-0.3, -0.25) is 4.79 Å². The van der Waals surface area contributed by atoms with Crippen LogP contribution in [0.3, 0.4) is 0 Å². The molecule has 3 rings (SSSR count). The third-order valence-electron chi connectivity index (χ3n) is 4.58. The smallest absolute Gasteiger partial charge is 0.236 e. The Bertz CT molecular complexity index is 854. The third kappa shape index (κ3) is 5.76. The molecule has 0 radical (unpaired) electrons. The zero-order chi connectivity index (χ0) is 19.1. The van der Waals surface area contributed by atoms with Crippen molar-refractivity contribution < 1.29 is 13.2 Å². The lowest BCUT2D eigenvalue weighted by Crippen LogP contribution is -2.50. The largest absolute Gasteiger partial charge is 0.340 e. The van der Waals surface area contributed by atoms with E-state index in [-0.39, 0.29) is 5.91 Å². The Hall–Kier alpha value is -1.96. The molecule has 2 heterocycles. The minimum absolute atomic E-state index is 0.114. The molecule has 1 amide bonds. The van der Waals surface area contributed by atoms with Crippen LogP contribution in [-0.2, 0) is 21.2 Å². The van der Waals surface area contributed by atoms with Crippen LogP contribution in [-0.4, -0.2) is 49.7 Å². The van der Waals surface area contributed by atoms with E-state index >= 15 is 0 Å². The summed E-state index contributed by atoms with van der Waals surface area (Å²) in [6.07, 6.45) is 3.87. The molecule has 5 nitrogen and oxygen atoms in total. The van der Waals surface area contributed by atoms with Gasteiger partial charge < -0.3 is 4.90 Å². The number of carbonyl (C=O) groups excluding carboxylic acids is 1. The molecule has 0 N–H and O–H groups in total. The van der Waals surface area contributed by atoms with Gasteiger partial charge in [-0.25, -0.2) is 8.42 Å². The molecule has 144 valence electrons. The summed E-state index contributed by atoms with van der Waals surface area (Å²) in [5.74, 6) is 0.114. The molecule has 1 aliphatic heterocycles. The first-order valence-corrected chi connectivity index (χ1v) is 11.5. The number of amides is 1. The second kappa shape index (κ2) is 9.30. The predicted octanol–water partition coefficient (Wildman–Crippen LogP) is 3.22. The SMILES string of the molecule is O=C(CCCc1cccs1)N1CCN(S(=O)(=O)C=Cc2ccccc2)CC1. The van der Waals surface area contributed by atoms with Gasteiger partial charge in [0.05, 0.1) is 0 Å². The molecule has 0 spiro atoms. The molecule has 1 aromatic carbocycles. The monoisotopic (exact) mass is 404 g/mol. The number of nitrogens with zero attached hydrogens (tertiary/aromatic N) is 2. The summed E-state index contributed by atoms with van der Waals surface area (Å²) >= 11 is 1.71. The fourth-order valence-corrected chi connectivity index (χ4v) is 4.96. The fourth-order valence-electron chi connectivity index (χ4n) is 3.03. The van der Waals surface area contributed by atoms with Crippen molar-refractivity contribution in [1.29, 1.82) is 0 Å². The minimum Gasteiger partial charge on any atom is -0.340 e. The van der Waals surface area contributed by atoms with Gasteiger partial charge in [-0.2, -0.15) is 4.31 Å². The Morgan fingerprint density at radius 1 is 1.04 bits per heavy atom. The van der Waals surface area contributed by atoms with Gasteiger partial charge in [0.25, 0.3) is 0 Å². The van der Waals surface area contributed by atoms with Crippen LogP contribution in [0.15, 0.2) is 53.3 Å². The van der Waals surface area contributed by atoms with Crippen LogP contribution in [0.2, 0.25) is 0 Å². The second-order valence-electron chi connectivity index (χ2n) is 6.47. The number of hydrogen-bond acceptors (Lipinski definition) is 4. The quantitative estimate of drug-likeness (QED) is 0.712. The number of sulfonamides is 1. The van der Waals surface area contributed by atoms with E-state index in [2.05, 4.69) is 6.07 Å². The molecular formula is C20H24N2O3S2. The Morgan fingerprint density at radius 2 is 1.78 bits per heavy atom. The molecule has 1 fully saturated rings. The van der Waals surface area contributed by atoms with Gasteiger partial charge in [-0.1, -0.05) is 36.4 Å². The van der Waals surface area contributed by atoms with Crippen LogP contribution >= 0.6 is 11.3 Å². The van der Waals surface area contributed by atoms with E-state index in [4.69, 9.17) is 0 Å². The lowest BCUT2D eigenvalue weighted by Gasteiger charge is -2.33. The summed E-state index contributed by atoms with van der Waals surface area (Å²) in [4.78, 5) is 15.4. The van der Waals surface area contributed by atoms with Gasteiger partial charge in [0.2, 0.25) is 15.9 Å². The maximum atomic E-state index is 12.5. The van der Waals surface area contributed by atoms with E-state index in [9.17, 15) is 13.2 Å². The molecule has 2 aromatic rings. The van der Waals surface area contributed by atoms with Gasteiger partial charge in [0, 0.05) is 42.9 Å². The highest BCUT2D eigenvalue weighted by Crippen LogP contribution is 2.15. The lowest BCUT2D eigenvalue weighted by atomic mass is 10.2. The Kier molecular flexibility index (Phi) is 6.82. The van der Waals surface area contributed by atoms with E-state index < -0.39 is 10.0 Å². The van der Waals surface area contributed by atoms with Crippen molar-refractivity contribution in [3.8, 4) is 0 Å². The number of benzene rings is 1. The summed E-state index contributed by atoms with van der Waals surface area (Å²) in [6.45, 7) is 1.60. The van der Waals surface area contributed by atoms with E-state index in [1.54, 1.807) is 22.3 Å². The van der Waals surface area contributed by atoms with Crippen molar-refractivity contribution >= 4 is 33.3 Å². The van der Waals surface area contributed by atoms with E-state index in [1.807, 2.05) is 41.8 Å². The first-order valence-electron chi connectivity index (χ1n) is 9.08. The lowest BCUT2D eigenvalue weighted by molar-refractivity contribution is -0.132. The standard InChI is InChI=1S/C20H24N2O3S2/c23-20(10-4-8-19-9-5-16-26-19)21-12-14-22(15-13-21)27(24,25)17-11-18-6-2-1-3-7-18/h1-3,5-7,9,11,16-17H,4,8,10,12-15H2. The fraction of sp³-hybridized carbons (Fsp3) is 0.350. The first kappa shape index (κ1) is 19.8. The van der Waals surface area contributed by atoms with E-state index in [0.29, 0.717) is 32.6 Å². The molecular weight excluding hydrogens is 380 g/mol. The van der Waals surface area contributed by atoms with Crippen LogP contribution in [0.4, 0.5) is 0 Å². The minimum atomic E-state index is -3.46. The average Bonchev–Trinajstić information content (AvgIpc) is 3.21. The van der Waals surface area contributed by atoms with Crippen molar-refractivity contribution in [2.75, 3.05) is 26.2 Å². The van der Waals surface area contributed by atoms with Crippen molar-refractivity contribution in [3.63, 3.8) is 0 Å². The van der Waals surface area contributed by atoms with Crippen LogP contribution in [0.1, 0.15) is 23.3 Å². The average molecular weight is 405 g/mol. The molecule has 27 heavy (non-hydrogen) atoms. The molecule has 0 unspecified atom stereocenters. The topological polar surface area (TPSA) is 57.7 Å². The summed E-state index contributed by atoms with van der Waals surface area (Å²) < 4.78 is 26.4. The molecule has 1 aromatic heterocycles.